The van der Waals surface area contributed by atoms with Crippen molar-refractivity contribution in [2.75, 3.05) is 0 Å². The Morgan fingerprint density at radius 2 is 1.70 bits per heavy atom. The molecule has 2 aromatic carbocycles. The van der Waals surface area contributed by atoms with E-state index in [0.29, 0.717) is 27.8 Å². The van der Waals surface area contributed by atoms with Gasteiger partial charge in [-0.3, -0.25) is 24.0 Å². The van der Waals surface area contributed by atoms with Gasteiger partial charge in [0.05, 0.1) is 11.5 Å². The zero-order chi connectivity index (χ0) is 32.5. The Kier molecular flexibility index (Phi) is 7.60. The number of benzene rings is 2. The zero-order valence-electron chi connectivity index (χ0n) is 26.5. The molecule has 0 bridgehead atoms. The predicted octanol–water partition coefficient (Wildman–Crippen LogP) is 4.92. The molecule has 1 saturated carbocycles. The molecule has 5 rings (SSSR count). The van der Waals surface area contributed by atoms with Crippen molar-refractivity contribution < 1.29 is 34.2 Å². The van der Waals surface area contributed by atoms with E-state index in [9.17, 15) is 34.2 Å². The summed E-state index contributed by atoms with van der Waals surface area (Å²) in [7, 11) is 0. The molecule has 0 spiro atoms. The van der Waals surface area contributed by atoms with Crippen LogP contribution >= 0.6 is 0 Å². The van der Waals surface area contributed by atoms with E-state index < -0.39 is 51.4 Å². The van der Waals surface area contributed by atoms with Gasteiger partial charge in [-0.05, 0) is 60.8 Å². The van der Waals surface area contributed by atoms with E-state index in [2.05, 4.69) is 5.32 Å². The monoisotopic (exact) mass is 599 g/mol. The number of carbonyl (C=O) groups excluding carboxylic acids is 5. The molecule has 8 nitrogen and oxygen atoms in total. The van der Waals surface area contributed by atoms with E-state index in [1.165, 1.54) is 6.92 Å². The third kappa shape index (κ3) is 4.25. The molecule has 1 fully saturated rings. The quantitative estimate of drug-likeness (QED) is 0.317. The molecule has 2 aromatic rings. The van der Waals surface area contributed by atoms with Gasteiger partial charge in [-0.1, -0.05) is 76.1 Å². The fourth-order valence-corrected chi connectivity index (χ4v) is 8.79. The molecule has 3 N–H and O–H groups in total. The van der Waals surface area contributed by atoms with Crippen molar-refractivity contribution in [3.8, 4) is 16.9 Å². The predicted molar refractivity (Wildman–Crippen MR) is 165 cm³/mol. The number of hydrogen-bond acceptors (Lipinski definition) is 7. The molecule has 0 aliphatic heterocycles. The van der Waals surface area contributed by atoms with Crippen LogP contribution in [-0.4, -0.2) is 44.9 Å². The van der Waals surface area contributed by atoms with E-state index in [4.69, 9.17) is 0 Å². The molecule has 1 amide bonds. The van der Waals surface area contributed by atoms with Crippen LogP contribution in [-0.2, 0) is 32.1 Å². The van der Waals surface area contributed by atoms with Crippen molar-refractivity contribution in [2.24, 2.45) is 28.6 Å². The van der Waals surface area contributed by atoms with Crippen LogP contribution in [0.3, 0.4) is 0 Å². The van der Waals surface area contributed by atoms with Gasteiger partial charge >= 0.3 is 0 Å². The maximum atomic E-state index is 14.6. The summed E-state index contributed by atoms with van der Waals surface area (Å²) in [6.45, 7) is 12.1. The molecule has 44 heavy (non-hydrogen) atoms. The normalized spacial score (nSPS) is 29.7. The maximum absolute atomic E-state index is 14.6. The standard InChI is InChI=1S/C36H41NO7/c1-8-25(39)37-16-22-14-23(21-12-10-9-11-13-21)24-15-34(6)17-35(7)28(18(2)3)19(4)26(20(5)38)32(42)36(35,44)33(43)29(34)31(41)27(24)30(22)40/h9-14,18,26,29,40,44H,8,15-17H2,1-7H3,(H,37,39)/t26?,29?,34-,35-,36+/m0/s1. The fraction of sp³-hybridized carbons (Fsp3) is 0.472. The number of phenolic OH excluding ortho intramolecular Hbond substituents is 1. The van der Waals surface area contributed by atoms with Crippen molar-refractivity contribution in [2.45, 2.75) is 79.9 Å². The number of fused-ring (bicyclic) bond motifs is 3. The highest BCUT2D eigenvalue weighted by molar-refractivity contribution is 6.27. The summed E-state index contributed by atoms with van der Waals surface area (Å²) in [5.41, 5.74) is -1.32. The zero-order valence-corrected chi connectivity index (χ0v) is 26.5. The van der Waals surface area contributed by atoms with Crippen LogP contribution in [0.25, 0.3) is 11.1 Å². The minimum atomic E-state index is -2.59. The highest BCUT2D eigenvalue weighted by Gasteiger charge is 2.73. The molecule has 232 valence electrons. The lowest BCUT2D eigenvalue weighted by atomic mass is 9.41. The number of nitrogens with one attached hydrogen (secondary N) is 1. The van der Waals surface area contributed by atoms with Crippen LogP contribution in [0.5, 0.6) is 5.75 Å². The Hall–Kier alpha value is -3.91. The largest absolute Gasteiger partial charge is 0.507 e. The molecule has 0 aromatic heterocycles. The number of Topliss-reactive ketones (excluding diaryl/α,β-unsaturated/α-hetero) is 4. The van der Waals surface area contributed by atoms with Crippen LogP contribution in [0.15, 0.2) is 47.5 Å². The summed E-state index contributed by atoms with van der Waals surface area (Å²) >= 11 is 0. The van der Waals surface area contributed by atoms with Gasteiger partial charge in [0.1, 0.15) is 17.5 Å². The Bertz CT molecular complexity index is 1650. The second kappa shape index (κ2) is 10.6. The topological polar surface area (TPSA) is 138 Å². The molecule has 5 atom stereocenters. The second-order valence-electron chi connectivity index (χ2n) is 13.7. The molecule has 2 unspecified atom stereocenters. The average molecular weight is 600 g/mol. The Labute approximate surface area is 257 Å². The lowest BCUT2D eigenvalue weighted by Gasteiger charge is -2.60. The lowest BCUT2D eigenvalue weighted by molar-refractivity contribution is -0.183. The fourth-order valence-electron chi connectivity index (χ4n) is 8.79. The van der Waals surface area contributed by atoms with Crippen LogP contribution in [0, 0.1) is 28.6 Å². The van der Waals surface area contributed by atoms with E-state index in [0.717, 1.165) is 5.56 Å². The number of phenols is 1. The molecule has 0 heterocycles. The maximum Gasteiger partial charge on any atom is 0.219 e. The average Bonchev–Trinajstić information content (AvgIpc) is 2.94. The third-order valence-corrected chi connectivity index (χ3v) is 10.4. The van der Waals surface area contributed by atoms with E-state index >= 15 is 0 Å². The summed E-state index contributed by atoms with van der Waals surface area (Å²) in [6.07, 6.45) is 0.608. The van der Waals surface area contributed by atoms with Crippen molar-refractivity contribution >= 4 is 29.0 Å². The van der Waals surface area contributed by atoms with E-state index in [1.807, 2.05) is 51.1 Å². The second-order valence-corrected chi connectivity index (χ2v) is 13.7. The Balaban J connectivity index is 1.77. The molecule has 0 radical (unpaired) electrons. The number of ketones is 4. The summed E-state index contributed by atoms with van der Waals surface area (Å²) in [5.74, 6) is -6.39. The van der Waals surface area contributed by atoms with Gasteiger partial charge in [0.25, 0.3) is 0 Å². The summed E-state index contributed by atoms with van der Waals surface area (Å²) in [4.78, 5) is 68.1. The van der Waals surface area contributed by atoms with Crippen molar-refractivity contribution in [1.29, 1.82) is 0 Å². The molecule has 8 heteroatoms. The molecule has 3 aliphatic carbocycles. The van der Waals surface area contributed by atoms with Gasteiger partial charge in [-0.25, -0.2) is 0 Å². The number of aromatic hydroxyl groups is 1. The number of hydrogen-bond donors (Lipinski definition) is 3. The lowest BCUT2D eigenvalue weighted by Crippen LogP contribution is -2.73. The molecule has 0 saturated heterocycles. The van der Waals surface area contributed by atoms with Crippen molar-refractivity contribution in [1.82, 2.24) is 5.32 Å². The van der Waals surface area contributed by atoms with Gasteiger partial charge in [-0.2, -0.15) is 0 Å². The minimum Gasteiger partial charge on any atom is -0.507 e. The highest BCUT2D eigenvalue weighted by atomic mass is 16.3. The Morgan fingerprint density at radius 3 is 2.27 bits per heavy atom. The number of allylic oxidation sites excluding steroid dienone is 1. The van der Waals surface area contributed by atoms with Crippen LogP contribution in [0.4, 0.5) is 0 Å². The smallest absolute Gasteiger partial charge is 0.219 e. The number of rotatable bonds is 6. The van der Waals surface area contributed by atoms with E-state index in [1.54, 1.807) is 26.8 Å². The first-order valence-electron chi connectivity index (χ1n) is 15.3. The SMILES string of the molecule is CCC(=O)NCc1cc(-c2ccccc2)c2c(c1O)C(=O)C1C(=O)[C@]3(O)C(=O)C(C(C)=O)C(C)=C(C(C)C)[C@]3(C)C[C@]1(C)C2. The number of aliphatic hydroxyl groups is 1. The van der Waals surface area contributed by atoms with Gasteiger partial charge in [-0.15, -0.1) is 0 Å². The van der Waals surface area contributed by atoms with Gasteiger partial charge in [0, 0.05) is 23.9 Å². The van der Waals surface area contributed by atoms with Gasteiger partial charge in [0.15, 0.2) is 23.0 Å². The first-order valence-corrected chi connectivity index (χ1v) is 15.3. The van der Waals surface area contributed by atoms with Crippen LogP contribution in [0.1, 0.15) is 82.8 Å². The first kappa shape index (κ1) is 31.5. The van der Waals surface area contributed by atoms with Crippen molar-refractivity contribution in [3.63, 3.8) is 0 Å². The Morgan fingerprint density at radius 1 is 1.07 bits per heavy atom. The van der Waals surface area contributed by atoms with Gasteiger partial charge < -0.3 is 15.5 Å². The van der Waals surface area contributed by atoms with Gasteiger partial charge in [0.2, 0.25) is 5.91 Å². The highest BCUT2D eigenvalue weighted by Crippen LogP contribution is 2.64. The van der Waals surface area contributed by atoms with Crippen LogP contribution in [0.2, 0.25) is 0 Å². The van der Waals surface area contributed by atoms with Crippen LogP contribution < -0.4 is 5.32 Å². The molecule has 3 aliphatic rings. The number of amides is 1. The molecular weight excluding hydrogens is 558 g/mol. The third-order valence-electron chi connectivity index (χ3n) is 10.4. The summed E-state index contributed by atoms with van der Waals surface area (Å²) in [5, 5.41) is 26.6. The number of carbonyl (C=O) groups is 5. The minimum absolute atomic E-state index is 0.0303. The van der Waals surface area contributed by atoms with Crippen molar-refractivity contribution in [3.05, 3.63) is 64.2 Å². The summed E-state index contributed by atoms with van der Waals surface area (Å²) < 4.78 is 0. The first-order chi connectivity index (χ1) is 20.5. The summed E-state index contributed by atoms with van der Waals surface area (Å²) in [6, 6.07) is 11.2. The molecular formula is C36H41NO7. The van der Waals surface area contributed by atoms with E-state index in [-0.39, 0.29) is 48.9 Å².